The Morgan fingerprint density at radius 2 is 1.86 bits per heavy atom. The summed E-state index contributed by atoms with van der Waals surface area (Å²) in [6.45, 7) is 3.87. The molecule has 1 fully saturated rings. The first-order chi connectivity index (χ1) is 6.61. The van der Waals surface area contributed by atoms with E-state index >= 15 is 0 Å². The fourth-order valence-electron chi connectivity index (χ4n) is 1.70. The molecule has 1 aliphatic carbocycles. The topological polar surface area (TPSA) is 52.3 Å². The van der Waals surface area contributed by atoms with E-state index in [9.17, 15) is 4.79 Å². The number of hydrogen-bond donors (Lipinski definition) is 1. The molecule has 1 rings (SSSR count). The molecule has 1 unspecified atom stereocenters. The van der Waals surface area contributed by atoms with Crippen molar-refractivity contribution >= 4 is 5.97 Å². The van der Waals surface area contributed by atoms with E-state index in [1.165, 1.54) is 19.3 Å². The fraction of sp³-hybridized carbons (Fsp3) is 0.909. The second kappa shape index (κ2) is 5.35. The first kappa shape index (κ1) is 11.5. The number of rotatable bonds is 3. The molecule has 0 aromatic rings. The lowest BCUT2D eigenvalue weighted by Gasteiger charge is -2.24. The average molecular weight is 199 g/mol. The van der Waals surface area contributed by atoms with Crippen LogP contribution in [0.4, 0.5) is 0 Å². The van der Waals surface area contributed by atoms with Crippen LogP contribution in [0.2, 0.25) is 0 Å². The first-order valence-electron chi connectivity index (χ1n) is 5.57. The van der Waals surface area contributed by atoms with Gasteiger partial charge in [-0.15, -0.1) is 0 Å². The molecule has 3 heteroatoms. The molecule has 0 heterocycles. The molecular formula is C11H21NO2. The third-order valence-electron chi connectivity index (χ3n) is 2.83. The molecule has 3 nitrogen and oxygen atoms in total. The molecule has 0 amide bonds. The average Bonchev–Trinajstić information content (AvgIpc) is 2.18. The van der Waals surface area contributed by atoms with Crippen molar-refractivity contribution in [1.29, 1.82) is 0 Å². The van der Waals surface area contributed by atoms with E-state index in [0.717, 1.165) is 12.8 Å². The van der Waals surface area contributed by atoms with Crippen LogP contribution in [0, 0.1) is 5.92 Å². The molecule has 0 saturated heterocycles. The summed E-state index contributed by atoms with van der Waals surface area (Å²) >= 11 is 0. The molecule has 1 atom stereocenters. The fourth-order valence-corrected chi connectivity index (χ4v) is 1.70. The first-order valence-corrected chi connectivity index (χ1v) is 5.57. The Kier molecular flexibility index (Phi) is 4.39. The van der Waals surface area contributed by atoms with Crippen molar-refractivity contribution in [2.24, 2.45) is 11.7 Å². The van der Waals surface area contributed by atoms with Gasteiger partial charge in [0.1, 0.15) is 12.1 Å². The van der Waals surface area contributed by atoms with Crippen molar-refractivity contribution in [3.63, 3.8) is 0 Å². The minimum Gasteiger partial charge on any atom is -0.461 e. The Hall–Kier alpha value is -0.570. The molecule has 0 aliphatic heterocycles. The highest BCUT2D eigenvalue weighted by Crippen LogP contribution is 2.20. The van der Waals surface area contributed by atoms with Crippen LogP contribution in [0.15, 0.2) is 0 Å². The Bertz CT molecular complexity index is 186. The number of nitrogens with two attached hydrogens (primary N) is 1. The Labute approximate surface area is 86.0 Å². The van der Waals surface area contributed by atoms with Gasteiger partial charge in [-0.05, 0) is 31.6 Å². The highest BCUT2D eigenvalue weighted by Gasteiger charge is 2.23. The Morgan fingerprint density at radius 1 is 1.29 bits per heavy atom. The number of esters is 1. The van der Waals surface area contributed by atoms with E-state index in [-0.39, 0.29) is 18.0 Å². The maximum absolute atomic E-state index is 11.5. The van der Waals surface area contributed by atoms with E-state index in [1.54, 1.807) is 0 Å². The smallest absolute Gasteiger partial charge is 0.323 e. The van der Waals surface area contributed by atoms with Crippen molar-refractivity contribution in [3.8, 4) is 0 Å². The normalized spacial score (nSPS) is 20.9. The van der Waals surface area contributed by atoms with Gasteiger partial charge >= 0.3 is 5.97 Å². The third-order valence-corrected chi connectivity index (χ3v) is 2.83. The summed E-state index contributed by atoms with van der Waals surface area (Å²) in [6, 6.07) is -0.461. The minimum absolute atomic E-state index is 0.126. The molecule has 14 heavy (non-hydrogen) atoms. The monoisotopic (exact) mass is 199 g/mol. The van der Waals surface area contributed by atoms with Gasteiger partial charge in [0.2, 0.25) is 0 Å². The second-order valence-electron chi connectivity index (χ2n) is 4.47. The highest BCUT2D eigenvalue weighted by molar-refractivity contribution is 5.75. The van der Waals surface area contributed by atoms with Crippen molar-refractivity contribution in [2.45, 2.75) is 58.1 Å². The van der Waals surface area contributed by atoms with Gasteiger partial charge in [-0.2, -0.15) is 0 Å². The van der Waals surface area contributed by atoms with Crippen LogP contribution in [-0.2, 0) is 9.53 Å². The van der Waals surface area contributed by atoms with E-state index < -0.39 is 6.04 Å². The molecule has 0 radical (unpaired) electrons. The molecule has 1 saturated carbocycles. The third kappa shape index (κ3) is 3.29. The number of carbonyl (C=O) groups excluding carboxylic acids is 1. The van der Waals surface area contributed by atoms with Gasteiger partial charge in [0, 0.05) is 0 Å². The molecule has 2 N–H and O–H groups in total. The van der Waals surface area contributed by atoms with E-state index in [4.69, 9.17) is 10.5 Å². The summed E-state index contributed by atoms with van der Waals surface area (Å²) in [5.74, 6) is -0.0713. The zero-order valence-corrected chi connectivity index (χ0v) is 9.16. The summed E-state index contributed by atoms with van der Waals surface area (Å²) in [7, 11) is 0. The molecule has 0 spiro atoms. The summed E-state index contributed by atoms with van der Waals surface area (Å²) in [5, 5.41) is 0. The predicted octanol–water partition coefficient (Wildman–Crippen LogP) is 1.85. The lowest BCUT2D eigenvalue weighted by atomic mass is 9.97. The molecule has 1 aliphatic rings. The predicted molar refractivity (Wildman–Crippen MR) is 55.8 cm³/mol. The summed E-state index contributed by atoms with van der Waals surface area (Å²) in [6.07, 6.45) is 5.77. The molecule has 82 valence electrons. The number of carbonyl (C=O) groups is 1. The minimum atomic E-state index is -0.461. The van der Waals surface area contributed by atoms with Gasteiger partial charge < -0.3 is 10.5 Å². The molecule has 0 bridgehead atoms. The van der Waals surface area contributed by atoms with Gasteiger partial charge in [0.25, 0.3) is 0 Å². The zero-order chi connectivity index (χ0) is 10.6. The van der Waals surface area contributed by atoms with Crippen LogP contribution in [-0.4, -0.2) is 18.1 Å². The van der Waals surface area contributed by atoms with Crippen LogP contribution < -0.4 is 5.73 Å². The molecule has 0 aromatic carbocycles. The molecular weight excluding hydrogens is 178 g/mol. The lowest BCUT2D eigenvalue weighted by Crippen LogP contribution is -2.39. The van der Waals surface area contributed by atoms with Crippen LogP contribution in [0.5, 0.6) is 0 Å². The van der Waals surface area contributed by atoms with Gasteiger partial charge in [0.05, 0.1) is 0 Å². The van der Waals surface area contributed by atoms with Crippen LogP contribution >= 0.6 is 0 Å². The van der Waals surface area contributed by atoms with Crippen molar-refractivity contribution in [2.75, 3.05) is 0 Å². The van der Waals surface area contributed by atoms with Gasteiger partial charge in [-0.3, -0.25) is 4.79 Å². The van der Waals surface area contributed by atoms with E-state index in [2.05, 4.69) is 0 Å². The maximum atomic E-state index is 11.5. The Balaban J connectivity index is 2.31. The highest BCUT2D eigenvalue weighted by atomic mass is 16.5. The summed E-state index contributed by atoms with van der Waals surface area (Å²) < 4.78 is 5.35. The molecule has 0 aromatic heterocycles. The van der Waals surface area contributed by atoms with Crippen molar-refractivity contribution in [1.82, 2.24) is 0 Å². The summed E-state index contributed by atoms with van der Waals surface area (Å²) in [5.41, 5.74) is 5.70. The van der Waals surface area contributed by atoms with Crippen LogP contribution in [0.25, 0.3) is 0 Å². The lowest BCUT2D eigenvalue weighted by molar-refractivity contribution is -0.153. The van der Waals surface area contributed by atoms with Crippen molar-refractivity contribution < 1.29 is 9.53 Å². The van der Waals surface area contributed by atoms with Crippen LogP contribution in [0.1, 0.15) is 46.0 Å². The second-order valence-corrected chi connectivity index (χ2v) is 4.47. The zero-order valence-electron chi connectivity index (χ0n) is 9.16. The summed E-state index contributed by atoms with van der Waals surface area (Å²) in [4.78, 5) is 11.5. The Morgan fingerprint density at radius 3 is 2.36 bits per heavy atom. The van der Waals surface area contributed by atoms with E-state index in [0.29, 0.717) is 0 Å². The SMILES string of the molecule is CC(C)C(N)C(=O)OC1CCCCC1. The standard InChI is InChI=1S/C11H21NO2/c1-8(2)10(12)11(13)14-9-6-4-3-5-7-9/h8-10H,3-7,12H2,1-2H3. The van der Waals surface area contributed by atoms with E-state index in [1.807, 2.05) is 13.8 Å². The maximum Gasteiger partial charge on any atom is 0.323 e. The van der Waals surface area contributed by atoms with Gasteiger partial charge in [-0.1, -0.05) is 20.3 Å². The number of ether oxygens (including phenoxy) is 1. The number of hydrogen-bond acceptors (Lipinski definition) is 3. The van der Waals surface area contributed by atoms with Gasteiger partial charge in [-0.25, -0.2) is 0 Å². The van der Waals surface area contributed by atoms with Gasteiger partial charge in [0.15, 0.2) is 0 Å². The largest absolute Gasteiger partial charge is 0.461 e. The van der Waals surface area contributed by atoms with Crippen molar-refractivity contribution in [3.05, 3.63) is 0 Å². The quantitative estimate of drug-likeness (QED) is 0.706. The van der Waals surface area contributed by atoms with Crippen LogP contribution in [0.3, 0.4) is 0 Å².